The molecule has 0 N–H and O–H groups in total. The van der Waals surface area contributed by atoms with Gasteiger partial charge in [-0.3, -0.25) is 0 Å². The molecule has 0 atom stereocenters. The number of aromatic nitrogens is 1. The highest BCUT2D eigenvalue weighted by Crippen LogP contribution is 2.15. The lowest BCUT2D eigenvalue weighted by Crippen LogP contribution is -1.93. The van der Waals surface area contributed by atoms with Gasteiger partial charge >= 0.3 is 0 Å². The Kier molecular flexibility index (Phi) is 2.35. The molecule has 0 aliphatic rings. The van der Waals surface area contributed by atoms with Crippen molar-refractivity contribution < 1.29 is 0 Å². The van der Waals surface area contributed by atoms with E-state index < -0.39 is 0 Å². The molecule has 0 bridgehead atoms. The number of hydrogen-bond acceptors (Lipinski definition) is 0. The van der Waals surface area contributed by atoms with E-state index in [1.165, 1.54) is 11.3 Å². The van der Waals surface area contributed by atoms with Crippen LogP contribution >= 0.6 is 0 Å². The third-order valence-corrected chi connectivity index (χ3v) is 2.46. The van der Waals surface area contributed by atoms with Gasteiger partial charge in [-0.25, -0.2) is 0 Å². The van der Waals surface area contributed by atoms with E-state index in [0.717, 1.165) is 11.3 Å². The van der Waals surface area contributed by atoms with E-state index in [-0.39, 0.29) is 0 Å². The van der Waals surface area contributed by atoms with Gasteiger partial charge in [0.1, 0.15) is 0 Å². The van der Waals surface area contributed by atoms with Crippen LogP contribution in [0.15, 0.2) is 36.5 Å². The minimum atomic E-state index is 0.917. The van der Waals surface area contributed by atoms with Gasteiger partial charge in [0.25, 0.3) is 0 Å². The summed E-state index contributed by atoms with van der Waals surface area (Å²) < 4.78 is 2.16. The van der Waals surface area contributed by atoms with Crippen molar-refractivity contribution in [3.8, 4) is 18.0 Å². The minimum absolute atomic E-state index is 0.917. The van der Waals surface area contributed by atoms with Crippen LogP contribution in [0.1, 0.15) is 16.8 Å². The molecular weight excluding hydrogens is 182 g/mol. The van der Waals surface area contributed by atoms with Crippen LogP contribution in [-0.2, 0) is 0 Å². The number of rotatable bonds is 1. The van der Waals surface area contributed by atoms with Crippen LogP contribution in [0.3, 0.4) is 0 Å². The van der Waals surface area contributed by atoms with E-state index in [2.05, 4.69) is 36.6 Å². The zero-order valence-corrected chi connectivity index (χ0v) is 8.99. The molecule has 2 aromatic rings. The molecule has 0 saturated heterocycles. The van der Waals surface area contributed by atoms with Crippen molar-refractivity contribution in [2.24, 2.45) is 0 Å². The summed E-state index contributed by atoms with van der Waals surface area (Å²) in [5.74, 6) is 2.62. The number of nitrogens with zero attached hydrogens (tertiary/aromatic N) is 1. The summed E-state index contributed by atoms with van der Waals surface area (Å²) in [5.41, 5.74) is 4.58. The van der Waals surface area contributed by atoms with Crippen LogP contribution < -0.4 is 0 Å². The van der Waals surface area contributed by atoms with E-state index in [1.54, 1.807) is 0 Å². The molecule has 0 amide bonds. The summed E-state index contributed by atoms with van der Waals surface area (Å²) in [6.07, 6.45) is 7.44. The van der Waals surface area contributed by atoms with Gasteiger partial charge in [-0.05, 0) is 49.7 Å². The van der Waals surface area contributed by atoms with Crippen molar-refractivity contribution in [2.75, 3.05) is 0 Å². The number of terminal acetylenes is 1. The van der Waals surface area contributed by atoms with Crippen LogP contribution in [0.4, 0.5) is 0 Å². The van der Waals surface area contributed by atoms with Gasteiger partial charge in [-0.1, -0.05) is 5.92 Å². The number of hydrogen-bond donors (Lipinski definition) is 0. The third kappa shape index (κ3) is 1.80. The van der Waals surface area contributed by atoms with Crippen LogP contribution in [-0.4, -0.2) is 4.57 Å². The minimum Gasteiger partial charge on any atom is -0.321 e. The van der Waals surface area contributed by atoms with E-state index >= 15 is 0 Å². The molecule has 1 heterocycles. The average molecular weight is 195 g/mol. The SMILES string of the molecule is C#Cc1ccc(-n2cc(C)cc2C)cc1. The van der Waals surface area contributed by atoms with E-state index in [9.17, 15) is 0 Å². The monoisotopic (exact) mass is 195 g/mol. The second-order valence-electron chi connectivity index (χ2n) is 3.72. The van der Waals surface area contributed by atoms with Crippen molar-refractivity contribution in [1.29, 1.82) is 0 Å². The smallest absolute Gasteiger partial charge is 0.0453 e. The Morgan fingerprint density at radius 1 is 1.13 bits per heavy atom. The summed E-state index contributed by atoms with van der Waals surface area (Å²) in [5, 5.41) is 0. The van der Waals surface area contributed by atoms with Crippen molar-refractivity contribution in [3.63, 3.8) is 0 Å². The lowest BCUT2D eigenvalue weighted by Gasteiger charge is -2.05. The fourth-order valence-corrected chi connectivity index (χ4v) is 1.74. The maximum absolute atomic E-state index is 5.32. The molecule has 0 aliphatic heterocycles. The molecule has 1 heteroatoms. The topological polar surface area (TPSA) is 4.93 Å². The summed E-state index contributed by atoms with van der Waals surface area (Å²) in [6, 6.07) is 10.2. The molecular formula is C14H13N. The first-order valence-corrected chi connectivity index (χ1v) is 4.93. The molecule has 0 spiro atoms. The molecule has 1 nitrogen and oxygen atoms in total. The quantitative estimate of drug-likeness (QED) is 0.616. The van der Waals surface area contributed by atoms with Gasteiger partial charge in [0.2, 0.25) is 0 Å². The molecule has 0 saturated carbocycles. The van der Waals surface area contributed by atoms with Gasteiger partial charge in [-0.2, -0.15) is 0 Å². The molecule has 74 valence electrons. The predicted octanol–water partition coefficient (Wildman–Crippen LogP) is 3.08. The van der Waals surface area contributed by atoms with Crippen molar-refractivity contribution in [2.45, 2.75) is 13.8 Å². The van der Waals surface area contributed by atoms with Gasteiger partial charge in [-0.15, -0.1) is 6.42 Å². The summed E-state index contributed by atoms with van der Waals surface area (Å²) in [6.45, 7) is 4.20. The van der Waals surface area contributed by atoms with Crippen LogP contribution in [0.2, 0.25) is 0 Å². The summed E-state index contributed by atoms with van der Waals surface area (Å²) in [7, 11) is 0. The molecule has 0 radical (unpaired) electrons. The second kappa shape index (κ2) is 3.67. The summed E-state index contributed by atoms with van der Waals surface area (Å²) >= 11 is 0. The van der Waals surface area contributed by atoms with E-state index in [0.29, 0.717) is 0 Å². The van der Waals surface area contributed by atoms with Gasteiger partial charge in [0.05, 0.1) is 0 Å². The zero-order chi connectivity index (χ0) is 10.8. The Labute approximate surface area is 90.4 Å². The van der Waals surface area contributed by atoms with E-state index in [1.807, 2.05) is 24.3 Å². The maximum atomic E-state index is 5.32. The molecule has 1 aromatic heterocycles. The van der Waals surface area contributed by atoms with Crippen LogP contribution in [0.25, 0.3) is 5.69 Å². The molecule has 1 aromatic carbocycles. The van der Waals surface area contributed by atoms with Gasteiger partial charge < -0.3 is 4.57 Å². The standard InChI is InChI=1S/C14H13N/c1-4-13-5-7-14(8-6-13)15-10-11(2)9-12(15)3/h1,5-10H,2-3H3. The Hall–Kier alpha value is -1.94. The molecule has 0 unspecified atom stereocenters. The molecule has 0 fully saturated rings. The fraction of sp³-hybridized carbons (Fsp3) is 0.143. The Balaban J connectivity index is 2.46. The highest BCUT2D eigenvalue weighted by Gasteiger charge is 2.00. The predicted molar refractivity (Wildman–Crippen MR) is 63.2 cm³/mol. The largest absolute Gasteiger partial charge is 0.321 e. The lowest BCUT2D eigenvalue weighted by atomic mass is 10.2. The third-order valence-electron chi connectivity index (χ3n) is 2.46. The van der Waals surface area contributed by atoms with Crippen molar-refractivity contribution in [3.05, 3.63) is 53.3 Å². The number of aryl methyl sites for hydroxylation is 2. The second-order valence-corrected chi connectivity index (χ2v) is 3.72. The average Bonchev–Trinajstić information content (AvgIpc) is 2.58. The molecule has 2 rings (SSSR count). The highest BCUT2D eigenvalue weighted by atomic mass is 15.0. The first-order chi connectivity index (χ1) is 7.20. The lowest BCUT2D eigenvalue weighted by molar-refractivity contribution is 1.01. The van der Waals surface area contributed by atoms with Crippen molar-refractivity contribution in [1.82, 2.24) is 4.57 Å². The zero-order valence-electron chi connectivity index (χ0n) is 8.99. The van der Waals surface area contributed by atoms with Gasteiger partial charge in [0.15, 0.2) is 0 Å². The maximum Gasteiger partial charge on any atom is 0.0453 e. The Morgan fingerprint density at radius 2 is 1.80 bits per heavy atom. The van der Waals surface area contributed by atoms with Gasteiger partial charge in [0, 0.05) is 23.1 Å². The number of benzene rings is 1. The molecule has 15 heavy (non-hydrogen) atoms. The Bertz CT molecular complexity index is 509. The normalized spacial score (nSPS) is 9.93. The molecule has 0 aliphatic carbocycles. The van der Waals surface area contributed by atoms with Crippen LogP contribution in [0, 0.1) is 26.2 Å². The Morgan fingerprint density at radius 3 is 2.27 bits per heavy atom. The summed E-state index contributed by atoms with van der Waals surface area (Å²) in [4.78, 5) is 0. The first-order valence-electron chi connectivity index (χ1n) is 4.93. The fourth-order valence-electron chi connectivity index (χ4n) is 1.74. The highest BCUT2D eigenvalue weighted by molar-refractivity contribution is 5.42. The van der Waals surface area contributed by atoms with E-state index in [4.69, 9.17) is 6.42 Å². The van der Waals surface area contributed by atoms with Crippen LogP contribution in [0.5, 0.6) is 0 Å². The van der Waals surface area contributed by atoms with Crippen molar-refractivity contribution >= 4 is 0 Å². The first kappa shape index (κ1) is 9.61.